The first-order chi connectivity index (χ1) is 16.8. The third kappa shape index (κ3) is 4.12. The zero-order valence-electron chi connectivity index (χ0n) is 20.4. The average molecular weight is 467 g/mol. The highest BCUT2D eigenvalue weighted by Crippen LogP contribution is 2.43. The lowest BCUT2D eigenvalue weighted by Crippen LogP contribution is -2.29. The Hall–Kier alpha value is -3.86. The van der Waals surface area contributed by atoms with E-state index in [1.54, 1.807) is 0 Å². The van der Waals surface area contributed by atoms with Crippen molar-refractivity contribution in [3.05, 3.63) is 100 Å². The SMILES string of the molecule is Cc1cccc(C2/C(=C(/O)c3ccc4c(c3)CCCC4)C(=O)C(=O)N2c2ccc(N(C)C)cc2)c1. The molecule has 0 bridgehead atoms. The fourth-order valence-electron chi connectivity index (χ4n) is 5.20. The quantitative estimate of drug-likeness (QED) is 0.310. The summed E-state index contributed by atoms with van der Waals surface area (Å²) >= 11 is 0. The Labute approximate surface area is 206 Å². The molecule has 5 nitrogen and oxygen atoms in total. The summed E-state index contributed by atoms with van der Waals surface area (Å²) in [6.07, 6.45) is 4.29. The number of hydrogen-bond acceptors (Lipinski definition) is 4. The number of amides is 1. The van der Waals surface area contributed by atoms with Gasteiger partial charge in [-0.05, 0) is 79.6 Å². The van der Waals surface area contributed by atoms with Crippen molar-refractivity contribution in [3.63, 3.8) is 0 Å². The van der Waals surface area contributed by atoms with Crippen molar-refractivity contribution in [1.29, 1.82) is 0 Å². The number of nitrogens with zero attached hydrogens (tertiary/aromatic N) is 2. The molecule has 5 rings (SSSR count). The van der Waals surface area contributed by atoms with Gasteiger partial charge in [0.15, 0.2) is 0 Å². The van der Waals surface area contributed by atoms with Crippen LogP contribution >= 0.6 is 0 Å². The van der Waals surface area contributed by atoms with E-state index in [1.807, 2.05) is 92.6 Å². The Morgan fingerprint density at radius 2 is 1.63 bits per heavy atom. The van der Waals surface area contributed by atoms with Crippen LogP contribution in [0.1, 0.15) is 46.7 Å². The maximum atomic E-state index is 13.4. The van der Waals surface area contributed by atoms with Crippen LogP contribution in [-0.2, 0) is 22.4 Å². The molecule has 5 heteroatoms. The monoisotopic (exact) mass is 466 g/mol. The first kappa shape index (κ1) is 22.9. The summed E-state index contributed by atoms with van der Waals surface area (Å²) in [7, 11) is 3.90. The summed E-state index contributed by atoms with van der Waals surface area (Å²) in [6.45, 7) is 1.98. The third-order valence-corrected chi connectivity index (χ3v) is 7.07. The average Bonchev–Trinajstić information content (AvgIpc) is 3.13. The molecule has 1 amide bonds. The van der Waals surface area contributed by atoms with Crippen LogP contribution in [0, 0.1) is 6.92 Å². The van der Waals surface area contributed by atoms with Gasteiger partial charge in [-0.15, -0.1) is 0 Å². The topological polar surface area (TPSA) is 60.9 Å². The van der Waals surface area contributed by atoms with E-state index in [2.05, 4.69) is 0 Å². The van der Waals surface area contributed by atoms with Crippen molar-refractivity contribution in [2.45, 2.75) is 38.6 Å². The van der Waals surface area contributed by atoms with Crippen LogP contribution in [0.25, 0.3) is 5.76 Å². The van der Waals surface area contributed by atoms with Gasteiger partial charge in [0.05, 0.1) is 11.6 Å². The molecule has 1 fully saturated rings. The van der Waals surface area contributed by atoms with Gasteiger partial charge in [0, 0.05) is 31.0 Å². The first-order valence-electron chi connectivity index (χ1n) is 12.1. The van der Waals surface area contributed by atoms with E-state index in [9.17, 15) is 14.7 Å². The molecule has 0 aromatic heterocycles. The third-order valence-electron chi connectivity index (χ3n) is 7.07. The lowest BCUT2D eigenvalue weighted by molar-refractivity contribution is -0.132. The fourth-order valence-corrected chi connectivity index (χ4v) is 5.20. The number of aliphatic hydroxyl groups is 1. The minimum atomic E-state index is -0.712. The second kappa shape index (κ2) is 9.06. The zero-order valence-corrected chi connectivity index (χ0v) is 20.4. The Morgan fingerprint density at radius 1 is 0.914 bits per heavy atom. The minimum Gasteiger partial charge on any atom is -0.507 e. The molecule has 0 radical (unpaired) electrons. The van der Waals surface area contributed by atoms with Crippen LogP contribution in [0.4, 0.5) is 11.4 Å². The number of benzene rings is 3. The summed E-state index contributed by atoms with van der Waals surface area (Å²) in [5, 5.41) is 11.5. The van der Waals surface area contributed by atoms with Gasteiger partial charge in [-0.3, -0.25) is 14.5 Å². The van der Waals surface area contributed by atoms with Crippen molar-refractivity contribution in [1.82, 2.24) is 0 Å². The van der Waals surface area contributed by atoms with Crippen LogP contribution < -0.4 is 9.80 Å². The Morgan fingerprint density at radius 3 is 2.31 bits per heavy atom. The maximum Gasteiger partial charge on any atom is 0.300 e. The molecule has 1 N–H and O–H groups in total. The lowest BCUT2D eigenvalue weighted by Gasteiger charge is -2.26. The molecular weight excluding hydrogens is 436 g/mol. The van der Waals surface area contributed by atoms with Crippen molar-refractivity contribution in [3.8, 4) is 0 Å². The molecule has 178 valence electrons. The molecule has 3 aromatic carbocycles. The molecule has 1 heterocycles. The fraction of sp³-hybridized carbons (Fsp3) is 0.267. The van der Waals surface area contributed by atoms with Gasteiger partial charge in [-0.2, -0.15) is 0 Å². The van der Waals surface area contributed by atoms with Crippen molar-refractivity contribution < 1.29 is 14.7 Å². The highest BCUT2D eigenvalue weighted by atomic mass is 16.3. The van der Waals surface area contributed by atoms with E-state index >= 15 is 0 Å². The number of carbonyl (C=O) groups is 2. The van der Waals surface area contributed by atoms with Gasteiger partial charge < -0.3 is 10.0 Å². The summed E-state index contributed by atoms with van der Waals surface area (Å²) in [5.74, 6) is -1.41. The second-order valence-corrected chi connectivity index (χ2v) is 9.68. The largest absolute Gasteiger partial charge is 0.507 e. The molecule has 0 spiro atoms. The van der Waals surface area contributed by atoms with Gasteiger partial charge in [0.25, 0.3) is 11.7 Å². The van der Waals surface area contributed by atoms with E-state index < -0.39 is 17.7 Å². The number of fused-ring (bicyclic) bond motifs is 1. The number of Topliss-reactive ketones (excluding diaryl/α,β-unsaturated/α-hetero) is 1. The molecule has 1 aliphatic carbocycles. The van der Waals surface area contributed by atoms with Crippen LogP contribution in [0.3, 0.4) is 0 Å². The molecule has 1 unspecified atom stereocenters. The number of aliphatic hydroxyl groups excluding tert-OH is 1. The van der Waals surface area contributed by atoms with Gasteiger partial charge in [0.2, 0.25) is 0 Å². The molecule has 2 aliphatic rings. The summed E-state index contributed by atoms with van der Waals surface area (Å²) in [6, 6.07) is 20.5. The van der Waals surface area contributed by atoms with Crippen LogP contribution in [-0.4, -0.2) is 30.9 Å². The molecule has 1 saturated heterocycles. The second-order valence-electron chi connectivity index (χ2n) is 9.68. The number of carbonyl (C=O) groups excluding carboxylic acids is 2. The number of rotatable bonds is 4. The normalized spacial score (nSPS) is 19.1. The van der Waals surface area contributed by atoms with Crippen molar-refractivity contribution in [2.75, 3.05) is 23.9 Å². The number of hydrogen-bond donors (Lipinski definition) is 1. The lowest BCUT2D eigenvalue weighted by atomic mass is 9.88. The van der Waals surface area contributed by atoms with Crippen LogP contribution in [0.15, 0.2) is 72.3 Å². The predicted molar refractivity (Wildman–Crippen MR) is 140 cm³/mol. The number of anilines is 2. The molecule has 1 atom stereocenters. The van der Waals surface area contributed by atoms with Crippen molar-refractivity contribution >= 4 is 28.8 Å². The van der Waals surface area contributed by atoms with E-state index in [0.29, 0.717) is 11.3 Å². The number of aryl methyl sites for hydroxylation is 3. The first-order valence-corrected chi connectivity index (χ1v) is 12.1. The Bertz CT molecular complexity index is 1340. The molecule has 35 heavy (non-hydrogen) atoms. The summed E-state index contributed by atoms with van der Waals surface area (Å²) in [4.78, 5) is 30.3. The van der Waals surface area contributed by atoms with Crippen LogP contribution in [0.5, 0.6) is 0 Å². The molecule has 3 aromatic rings. The van der Waals surface area contributed by atoms with E-state index in [0.717, 1.165) is 36.1 Å². The Kier molecular flexibility index (Phi) is 5.93. The minimum absolute atomic E-state index is 0.115. The standard InChI is InChI=1S/C30H30N2O3/c1-19-7-6-10-22(17-19)27-26(28(33)23-12-11-20-8-4-5-9-21(20)18-23)29(34)30(35)32(27)25-15-13-24(14-16-25)31(2)3/h6-7,10-18,27,33H,4-5,8-9H2,1-3H3/b28-26-. The van der Waals surface area contributed by atoms with Gasteiger partial charge >= 0.3 is 0 Å². The maximum absolute atomic E-state index is 13.4. The molecule has 0 saturated carbocycles. The Balaban J connectivity index is 1.67. The summed E-state index contributed by atoms with van der Waals surface area (Å²) in [5.41, 5.74) is 6.65. The van der Waals surface area contributed by atoms with E-state index in [1.165, 1.54) is 22.4 Å². The van der Waals surface area contributed by atoms with Crippen LogP contribution in [0.2, 0.25) is 0 Å². The van der Waals surface area contributed by atoms with Gasteiger partial charge in [-0.25, -0.2) is 0 Å². The molecule has 1 aliphatic heterocycles. The zero-order chi connectivity index (χ0) is 24.7. The van der Waals surface area contributed by atoms with E-state index in [4.69, 9.17) is 0 Å². The van der Waals surface area contributed by atoms with E-state index in [-0.39, 0.29) is 11.3 Å². The smallest absolute Gasteiger partial charge is 0.300 e. The predicted octanol–water partition coefficient (Wildman–Crippen LogP) is 5.57. The summed E-state index contributed by atoms with van der Waals surface area (Å²) < 4.78 is 0. The highest BCUT2D eigenvalue weighted by molar-refractivity contribution is 6.51. The highest BCUT2D eigenvalue weighted by Gasteiger charge is 2.47. The molecular formula is C30H30N2O3. The van der Waals surface area contributed by atoms with Gasteiger partial charge in [0.1, 0.15) is 5.76 Å². The van der Waals surface area contributed by atoms with Crippen molar-refractivity contribution in [2.24, 2.45) is 0 Å². The van der Waals surface area contributed by atoms with Gasteiger partial charge in [-0.1, -0.05) is 42.0 Å². The number of ketones is 1.